The molecule has 0 saturated carbocycles. The summed E-state index contributed by atoms with van der Waals surface area (Å²) in [6.07, 6.45) is 0.365. The topological polar surface area (TPSA) is 29.5 Å². The minimum atomic E-state index is -1.03. The van der Waals surface area contributed by atoms with Crippen molar-refractivity contribution in [3.05, 3.63) is 29.8 Å². The summed E-state index contributed by atoms with van der Waals surface area (Å²) in [6.45, 7) is -1.03. The van der Waals surface area contributed by atoms with Crippen molar-refractivity contribution in [3.63, 3.8) is 0 Å². The molecule has 1 aromatic rings. The first-order valence-corrected chi connectivity index (χ1v) is 3.45. The largest absolute Gasteiger partial charge is 0.497 e. The standard InChI is InChI=1S/C9H12O2/c1-11-9-4-2-8(3-5-9)6-7-10/h2-5,10H,6-7H2,1H3/i7D/t7-/m0/s1. The van der Waals surface area contributed by atoms with E-state index in [1.165, 1.54) is 0 Å². The average molecular weight is 153 g/mol. The van der Waals surface area contributed by atoms with Gasteiger partial charge in [-0.3, -0.25) is 0 Å². The molecule has 1 aromatic carbocycles. The molecule has 0 aliphatic heterocycles. The van der Waals surface area contributed by atoms with Gasteiger partial charge in [0.15, 0.2) is 0 Å². The predicted octanol–water partition coefficient (Wildman–Crippen LogP) is 1.23. The van der Waals surface area contributed by atoms with E-state index in [-0.39, 0.29) is 0 Å². The summed E-state index contributed by atoms with van der Waals surface area (Å²) in [5, 5.41) is 8.77. The number of ether oxygens (including phenoxy) is 1. The van der Waals surface area contributed by atoms with Crippen LogP contribution in [0.5, 0.6) is 5.75 Å². The van der Waals surface area contributed by atoms with E-state index in [1.54, 1.807) is 7.11 Å². The number of aryl methyl sites for hydroxylation is 1. The highest BCUT2D eigenvalue weighted by Gasteiger charge is 1.91. The molecular formula is C9H12O2. The van der Waals surface area contributed by atoms with Gasteiger partial charge in [0.1, 0.15) is 5.75 Å². The molecule has 1 atom stereocenters. The monoisotopic (exact) mass is 153 g/mol. The molecule has 0 aromatic heterocycles. The van der Waals surface area contributed by atoms with Crippen LogP contribution in [0.15, 0.2) is 24.3 Å². The Morgan fingerprint density at radius 2 is 2.09 bits per heavy atom. The molecule has 0 heterocycles. The number of hydrogen-bond donors (Lipinski definition) is 1. The molecule has 0 spiro atoms. The van der Waals surface area contributed by atoms with Crippen LogP contribution < -0.4 is 4.74 Å². The van der Waals surface area contributed by atoms with Gasteiger partial charge in [0.05, 0.1) is 8.48 Å². The zero-order valence-corrected chi connectivity index (χ0v) is 6.45. The lowest BCUT2D eigenvalue weighted by atomic mass is 10.1. The average Bonchev–Trinajstić information content (AvgIpc) is 2.05. The highest BCUT2D eigenvalue weighted by Crippen LogP contribution is 2.10. The van der Waals surface area contributed by atoms with Gasteiger partial charge in [-0.25, -0.2) is 0 Å². The van der Waals surface area contributed by atoms with E-state index < -0.39 is 6.58 Å². The van der Waals surface area contributed by atoms with Crippen molar-refractivity contribution >= 4 is 0 Å². The highest BCUT2D eigenvalue weighted by molar-refractivity contribution is 5.27. The lowest BCUT2D eigenvalue weighted by Crippen LogP contribution is -1.90. The Hall–Kier alpha value is -1.02. The fraction of sp³-hybridized carbons (Fsp3) is 0.333. The van der Waals surface area contributed by atoms with E-state index in [2.05, 4.69) is 0 Å². The molecule has 0 amide bonds. The second-order valence-corrected chi connectivity index (χ2v) is 2.23. The van der Waals surface area contributed by atoms with Crippen LogP contribution in [-0.4, -0.2) is 18.8 Å². The van der Waals surface area contributed by atoms with E-state index in [0.29, 0.717) is 6.42 Å². The molecule has 0 saturated heterocycles. The first-order chi connectivity index (χ1) is 5.72. The van der Waals surface area contributed by atoms with E-state index in [9.17, 15) is 0 Å². The van der Waals surface area contributed by atoms with Gasteiger partial charge in [0, 0.05) is 6.58 Å². The molecule has 0 aliphatic carbocycles. The first kappa shape index (κ1) is 6.68. The third kappa shape index (κ3) is 2.24. The van der Waals surface area contributed by atoms with Crippen molar-refractivity contribution < 1.29 is 11.2 Å². The maximum atomic E-state index is 8.77. The molecule has 0 radical (unpaired) electrons. The van der Waals surface area contributed by atoms with Gasteiger partial charge < -0.3 is 9.84 Å². The van der Waals surface area contributed by atoms with Crippen LogP contribution in [0.25, 0.3) is 0 Å². The predicted molar refractivity (Wildman–Crippen MR) is 43.8 cm³/mol. The number of benzene rings is 1. The number of aliphatic hydroxyl groups excluding tert-OH is 1. The molecule has 0 aliphatic rings. The van der Waals surface area contributed by atoms with Crippen molar-refractivity contribution in [2.45, 2.75) is 6.42 Å². The number of rotatable bonds is 3. The Balaban J connectivity index is 2.65. The number of hydrogen-bond acceptors (Lipinski definition) is 2. The second-order valence-electron chi connectivity index (χ2n) is 2.23. The van der Waals surface area contributed by atoms with Crippen LogP contribution in [0.3, 0.4) is 0 Å². The van der Waals surface area contributed by atoms with Crippen LogP contribution >= 0.6 is 0 Å². The molecule has 0 fully saturated rings. The molecule has 1 N–H and O–H groups in total. The molecule has 2 heteroatoms. The van der Waals surface area contributed by atoms with Crippen LogP contribution in [0.1, 0.15) is 6.93 Å². The van der Waals surface area contributed by atoms with E-state index in [0.717, 1.165) is 11.3 Å². The maximum Gasteiger partial charge on any atom is 0.118 e. The van der Waals surface area contributed by atoms with Crippen LogP contribution in [0.4, 0.5) is 0 Å². The normalized spacial score (nSPS) is 13.8. The number of aliphatic hydroxyl groups is 1. The molecule has 0 bridgehead atoms. The van der Waals surface area contributed by atoms with E-state index in [4.69, 9.17) is 11.2 Å². The van der Waals surface area contributed by atoms with Gasteiger partial charge in [0.2, 0.25) is 0 Å². The van der Waals surface area contributed by atoms with Gasteiger partial charge in [-0.05, 0) is 24.1 Å². The minimum absolute atomic E-state index is 0.365. The molecule has 1 rings (SSSR count). The third-order valence-corrected chi connectivity index (χ3v) is 1.49. The Morgan fingerprint density at radius 1 is 1.45 bits per heavy atom. The maximum absolute atomic E-state index is 8.77. The zero-order chi connectivity index (χ0) is 8.97. The number of methoxy groups -OCH3 is 1. The zero-order valence-electron chi connectivity index (χ0n) is 7.45. The summed E-state index contributed by atoms with van der Waals surface area (Å²) in [7, 11) is 1.61. The smallest absolute Gasteiger partial charge is 0.118 e. The SMILES string of the molecule is [2H][C@H](O)Cc1ccc(OC)cc1. The van der Waals surface area contributed by atoms with Crippen molar-refractivity contribution in [1.29, 1.82) is 0 Å². The molecular weight excluding hydrogens is 140 g/mol. The summed E-state index contributed by atoms with van der Waals surface area (Å²) >= 11 is 0. The van der Waals surface area contributed by atoms with Gasteiger partial charge >= 0.3 is 0 Å². The lowest BCUT2D eigenvalue weighted by molar-refractivity contribution is 0.299. The van der Waals surface area contributed by atoms with Gasteiger partial charge in [0.25, 0.3) is 0 Å². The molecule has 11 heavy (non-hydrogen) atoms. The van der Waals surface area contributed by atoms with Gasteiger partial charge in [-0.2, -0.15) is 0 Å². The third-order valence-electron chi connectivity index (χ3n) is 1.49. The van der Waals surface area contributed by atoms with Crippen LogP contribution in [-0.2, 0) is 6.42 Å². The van der Waals surface area contributed by atoms with Crippen LogP contribution in [0, 0.1) is 0 Å². The fourth-order valence-corrected chi connectivity index (χ4v) is 0.867. The van der Waals surface area contributed by atoms with E-state index in [1.807, 2.05) is 24.3 Å². The van der Waals surface area contributed by atoms with Crippen molar-refractivity contribution in [3.8, 4) is 5.75 Å². The van der Waals surface area contributed by atoms with Crippen molar-refractivity contribution in [2.24, 2.45) is 0 Å². The molecule has 0 unspecified atom stereocenters. The summed E-state index contributed by atoms with van der Waals surface area (Å²) in [5.41, 5.74) is 0.943. The van der Waals surface area contributed by atoms with E-state index >= 15 is 0 Å². The molecule has 2 nitrogen and oxygen atoms in total. The summed E-state index contributed by atoms with van der Waals surface area (Å²) in [5.74, 6) is 0.790. The lowest BCUT2D eigenvalue weighted by Gasteiger charge is -2.00. The Kier molecular flexibility index (Phi) is 2.42. The quantitative estimate of drug-likeness (QED) is 0.707. The summed E-state index contributed by atoms with van der Waals surface area (Å²) in [4.78, 5) is 0. The Labute approximate surface area is 67.8 Å². The van der Waals surface area contributed by atoms with Gasteiger partial charge in [-0.1, -0.05) is 12.1 Å². The van der Waals surface area contributed by atoms with Gasteiger partial charge in [-0.15, -0.1) is 0 Å². The van der Waals surface area contributed by atoms with Crippen LogP contribution in [0.2, 0.25) is 0 Å². The summed E-state index contributed by atoms with van der Waals surface area (Å²) < 4.78 is 11.9. The Bertz CT molecular complexity index is 231. The minimum Gasteiger partial charge on any atom is -0.497 e. The van der Waals surface area contributed by atoms with Crippen molar-refractivity contribution in [2.75, 3.05) is 13.7 Å². The Morgan fingerprint density at radius 3 is 2.55 bits per heavy atom. The van der Waals surface area contributed by atoms with Crippen molar-refractivity contribution in [1.82, 2.24) is 0 Å². The first-order valence-electron chi connectivity index (χ1n) is 4.03. The summed E-state index contributed by atoms with van der Waals surface area (Å²) in [6, 6.07) is 7.32. The fourth-order valence-electron chi connectivity index (χ4n) is 0.867. The molecule has 60 valence electrons. The second kappa shape index (κ2) is 3.98. The highest BCUT2D eigenvalue weighted by atomic mass is 16.5.